The molecule has 0 saturated carbocycles. The normalized spacial score (nSPS) is 16.8. The van der Waals surface area contributed by atoms with Crippen LogP contribution in [0.3, 0.4) is 0 Å². The largest absolute Gasteiger partial charge is 0.378 e. The van der Waals surface area contributed by atoms with E-state index in [0.717, 1.165) is 52.5 Å². The van der Waals surface area contributed by atoms with Gasteiger partial charge in [0, 0.05) is 32.2 Å². The number of fused-ring (bicyclic) bond motifs is 2. The molecule has 2 aromatic carbocycles. The van der Waals surface area contributed by atoms with Crippen molar-refractivity contribution in [1.82, 2.24) is 4.98 Å². The Labute approximate surface area is 190 Å². The van der Waals surface area contributed by atoms with E-state index in [0.29, 0.717) is 25.4 Å². The van der Waals surface area contributed by atoms with Crippen molar-refractivity contribution in [2.24, 2.45) is 0 Å². The first kappa shape index (κ1) is 21.2. The standard InChI is InChI=1S/C22H24N4O4S2/c1-15(27)26-8-2-3-16-13-18(5-7-20(16)26)32(28,29)24-17-4-6-19-21(14-17)31-22(23-19)25-9-11-30-12-10-25/h4-7,13-14,24H,2-3,8-12H2,1H3. The summed E-state index contributed by atoms with van der Waals surface area (Å²) in [5, 5.41) is 0.924. The number of hydrogen-bond donors (Lipinski definition) is 1. The van der Waals surface area contributed by atoms with Gasteiger partial charge in [-0.1, -0.05) is 11.3 Å². The third kappa shape index (κ3) is 4.05. The van der Waals surface area contributed by atoms with Crippen LogP contribution >= 0.6 is 11.3 Å². The van der Waals surface area contributed by atoms with E-state index in [2.05, 4.69) is 14.6 Å². The first-order valence-corrected chi connectivity index (χ1v) is 12.9. The van der Waals surface area contributed by atoms with Crippen molar-refractivity contribution >= 4 is 54.0 Å². The van der Waals surface area contributed by atoms with E-state index in [1.165, 1.54) is 6.92 Å². The second-order valence-electron chi connectivity index (χ2n) is 7.95. The average Bonchev–Trinajstić information content (AvgIpc) is 3.22. The Morgan fingerprint density at radius 3 is 2.72 bits per heavy atom. The molecule has 0 spiro atoms. The minimum atomic E-state index is -3.76. The summed E-state index contributed by atoms with van der Waals surface area (Å²) in [7, 11) is -3.76. The molecule has 3 aromatic rings. The van der Waals surface area contributed by atoms with Crippen LogP contribution < -0.4 is 14.5 Å². The van der Waals surface area contributed by atoms with Gasteiger partial charge in [0.15, 0.2) is 5.13 Å². The van der Waals surface area contributed by atoms with Gasteiger partial charge in [0.05, 0.1) is 34.0 Å². The van der Waals surface area contributed by atoms with Crippen LogP contribution in [-0.4, -0.2) is 52.2 Å². The number of sulfonamides is 1. The number of aryl methyl sites for hydroxylation is 1. The lowest BCUT2D eigenvalue weighted by molar-refractivity contribution is -0.116. The van der Waals surface area contributed by atoms with Crippen molar-refractivity contribution < 1.29 is 17.9 Å². The van der Waals surface area contributed by atoms with Crippen LogP contribution in [0.2, 0.25) is 0 Å². The van der Waals surface area contributed by atoms with E-state index in [1.807, 2.05) is 12.1 Å². The lowest BCUT2D eigenvalue weighted by Crippen LogP contribution is -2.36. The minimum absolute atomic E-state index is 0.0333. The predicted molar refractivity (Wildman–Crippen MR) is 126 cm³/mol. The van der Waals surface area contributed by atoms with Gasteiger partial charge >= 0.3 is 0 Å². The fourth-order valence-electron chi connectivity index (χ4n) is 4.15. The molecule has 5 rings (SSSR count). The lowest BCUT2D eigenvalue weighted by atomic mass is 10.0. The molecule has 1 aromatic heterocycles. The highest BCUT2D eigenvalue weighted by molar-refractivity contribution is 7.92. The Morgan fingerprint density at radius 2 is 1.94 bits per heavy atom. The van der Waals surface area contributed by atoms with E-state index in [4.69, 9.17) is 4.74 Å². The summed E-state index contributed by atoms with van der Waals surface area (Å²) in [6.07, 6.45) is 1.57. The third-order valence-electron chi connectivity index (χ3n) is 5.77. The maximum absolute atomic E-state index is 13.1. The zero-order valence-electron chi connectivity index (χ0n) is 17.7. The molecular weight excluding hydrogens is 448 g/mol. The quantitative estimate of drug-likeness (QED) is 0.627. The molecule has 32 heavy (non-hydrogen) atoms. The number of carbonyl (C=O) groups excluding carboxylic acids is 1. The number of rotatable bonds is 4. The maximum atomic E-state index is 13.1. The smallest absolute Gasteiger partial charge is 0.261 e. The van der Waals surface area contributed by atoms with Gasteiger partial charge in [-0.15, -0.1) is 0 Å². The number of morpholine rings is 1. The molecule has 2 aliphatic heterocycles. The highest BCUT2D eigenvalue weighted by Gasteiger charge is 2.23. The Kier molecular flexibility index (Phi) is 5.52. The Morgan fingerprint density at radius 1 is 1.12 bits per heavy atom. The number of benzene rings is 2. The molecule has 1 saturated heterocycles. The monoisotopic (exact) mass is 472 g/mol. The lowest BCUT2D eigenvalue weighted by Gasteiger charge is -2.28. The number of hydrogen-bond acceptors (Lipinski definition) is 7. The molecule has 1 N–H and O–H groups in total. The second-order valence-corrected chi connectivity index (χ2v) is 10.6. The van der Waals surface area contributed by atoms with Crippen molar-refractivity contribution in [3.8, 4) is 0 Å². The van der Waals surface area contributed by atoms with Crippen molar-refractivity contribution in [2.45, 2.75) is 24.7 Å². The Hall–Kier alpha value is -2.69. The summed E-state index contributed by atoms with van der Waals surface area (Å²) in [5.74, 6) is -0.0333. The maximum Gasteiger partial charge on any atom is 0.261 e. The van der Waals surface area contributed by atoms with Crippen molar-refractivity contribution in [2.75, 3.05) is 47.4 Å². The van der Waals surface area contributed by atoms with Gasteiger partial charge in [-0.2, -0.15) is 0 Å². The van der Waals surface area contributed by atoms with Gasteiger partial charge in [-0.05, 0) is 54.8 Å². The third-order valence-corrected chi connectivity index (χ3v) is 8.23. The summed E-state index contributed by atoms with van der Waals surface area (Å²) in [6, 6.07) is 10.4. The molecule has 0 aliphatic carbocycles. The summed E-state index contributed by atoms with van der Waals surface area (Å²) < 4.78 is 35.2. The highest BCUT2D eigenvalue weighted by atomic mass is 32.2. The molecule has 0 bridgehead atoms. The molecular formula is C22H24N4O4S2. The van der Waals surface area contributed by atoms with Crippen molar-refractivity contribution in [3.05, 3.63) is 42.0 Å². The molecule has 168 valence electrons. The summed E-state index contributed by atoms with van der Waals surface area (Å²) in [4.78, 5) is 20.6. The molecule has 0 atom stereocenters. The molecule has 10 heteroatoms. The van der Waals surface area contributed by atoms with Crippen LogP contribution in [0.25, 0.3) is 10.2 Å². The predicted octanol–water partition coefficient (Wildman–Crippen LogP) is 3.23. The van der Waals surface area contributed by atoms with E-state index < -0.39 is 10.0 Å². The number of ether oxygens (including phenoxy) is 1. The van der Waals surface area contributed by atoms with Gasteiger partial charge in [-0.3, -0.25) is 9.52 Å². The fourth-order valence-corrected chi connectivity index (χ4v) is 6.30. The van der Waals surface area contributed by atoms with E-state index >= 15 is 0 Å². The topological polar surface area (TPSA) is 91.8 Å². The first-order valence-electron chi connectivity index (χ1n) is 10.6. The molecule has 1 amide bonds. The Balaban J connectivity index is 1.40. The number of amides is 1. The summed E-state index contributed by atoms with van der Waals surface area (Å²) >= 11 is 1.55. The molecule has 2 aliphatic rings. The van der Waals surface area contributed by atoms with Crippen molar-refractivity contribution in [3.63, 3.8) is 0 Å². The molecule has 8 nitrogen and oxygen atoms in total. The first-order chi connectivity index (χ1) is 15.4. The molecule has 0 radical (unpaired) electrons. The average molecular weight is 473 g/mol. The van der Waals surface area contributed by atoms with E-state index in [1.54, 1.807) is 40.5 Å². The summed E-state index contributed by atoms with van der Waals surface area (Å²) in [5.41, 5.74) is 3.02. The van der Waals surface area contributed by atoms with Gasteiger partial charge in [0.25, 0.3) is 10.0 Å². The van der Waals surface area contributed by atoms with Crippen LogP contribution in [0, 0.1) is 0 Å². The van der Waals surface area contributed by atoms with Crippen LogP contribution in [-0.2, 0) is 26.0 Å². The molecule has 0 unspecified atom stereocenters. The van der Waals surface area contributed by atoms with E-state index in [9.17, 15) is 13.2 Å². The van der Waals surface area contributed by atoms with Gasteiger partial charge < -0.3 is 14.5 Å². The van der Waals surface area contributed by atoms with Crippen LogP contribution in [0.5, 0.6) is 0 Å². The van der Waals surface area contributed by atoms with Crippen LogP contribution in [0.1, 0.15) is 18.9 Å². The van der Waals surface area contributed by atoms with Crippen molar-refractivity contribution in [1.29, 1.82) is 0 Å². The zero-order chi connectivity index (χ0) is 22.3. The number of anilines is 3. The summed E-state index contributed by atoms with van der Waals surface area (Å²) in [6.45, 7) is 5.17. The minimum Gasteiger partial charge on any atom is -0.378 e. The number of nitrogens with zero attached hydrogens (tertiary/aromatic N) is 3. The number of nitrogens with one attached hydrogen (secondary N) is 1. The highest BCUT2D eigenvalue weighted by Crippen LogP contribution is 2.33. The molecule has 3 heterocycles. The van der Waals surface area contributed by atoms with Crippen LogP contribution in [0.4, 0.5) is 16.5 Å². The number of carbonyl (C=O) groups is 1. The fraction of sp³-hybridized carbons (Fsp3) is 0.364. The van der Waals surface area contributed by atoms with Gasteiger partial charge in [-0.25, -0.2) is 13.4 Å². The van der Waals surface area contributed by atoms with E-state index in [-0.39, 0.29) is 10.8 Å². The number of aromatic nitrogens is 1. The van der Waals surface area contributed by atoms with Crippen LogP contribution in [0.15, 0.2) is 41.3 Å². The Bertz CT molecular complexity index is 1280. The number of thiazole rings is 1. The zero-order valence-corrected chi connectivity index (χ0v) is 19.3. The second kappa shape index (κ2) is 8.34. The SMILES string of the molecule is CC(=O)N1CCCc2cc(S(=O)(=O)Nc3ccc4nc(N5CCOCC5)sc4c3)ccc21. The molecule has 1 fully saturated rings. The van der Waals surface area contributed by atoms with Gasteiger partial charge in [0.2, 0.25) is 5.91 Å². The van der Waals surface area contributed by atoms with Gasteiger partial charge in [0.1, 0.15) is 0 Å².